The van der Waals surface area contributed by atoms with Gasteiger partial charge in [0.2, 0.25) is 5.13 Å². The highest BCUT2D eigenvalue weighted by Gasteiger charge is 2.39. The Morgan fingerprint density at radius 3 is 3.00 bits per heavy atom. The minimum atomic E-state index is -0.821. The first-order chi connectivity index (χ1) is 8.70. The number of carbonyl (C=O) groups is 1. The third-order valence-electron chi connectivity index (χ3n) is 3.77. The molecule has 0 radical (unpaired) electrons. The van der Waals surface area contributed by atoms with Gasteiger partial charge in [-0.05, 0) is 31.1 Å². The van der Waals surface area contributed by atoms with Crippen molar-refractivity contribution in [1.82, 2.24) is 10.2 Å². The molecule has 0 saturated heterocycles. The summed E-state index contributed by atoms with van der Waals surface area (Å²) >= 11 is 2.68. The van der Waals surface area contributed by atoms with Crippen molar-refractivity contribution in [2.24, 2.45) is 11.8 Å². The van der Waals surface area contributed by atoms with Crippen molar-refractivity contribution in [2.75, 3.05) is 11.1 Å². The van der Waals surface area contributed by atoms with Crippen molar-refractivity contribution in [3.63, 3.8) is 0 Å². The van der Waals surface area contributed by atoms with Gasteiger partial charge in [0.1, 0.15) is 0 Å². The SMILES string of the molecule is O=C(O)CSc1nnc(NC2CC3CCC2C3)s1. The highest BCUT2D eigenvalue weighted by molar-refractivity contribution is 8.01. The summed E-state index contributed by atoms with van der Waals surface area (Å²) in [6.07, 6.45) is 5.33. The van der Waals surface area contributed by atoms with Crippen LogP contribution in [0.15, 0.2) is 4.34 Å². The normalized spacial score (nSPS) is 29.7. The molecule has 1 heterocycles. The Balaban J connectivity index is 1.55. The summed E-state index contributed by atoms with van der Waals surface area (Å²) in [5.74, 6) is 0.927. The lowest BCUT2D eigenvalue weighted by Crippen LogP contribution is -2.25. The fraction of sp³-hybridized carbons (Fsp3) is 0.727. The second-order valence-electron chi connectivity index (χ2n) is 4.98. The maximum absolute atomic E-state index is 10.5. The summed E-state index contributed by atoms with van der Waals surface area (Å²) in [4.78, 5) is 10.5. The predicted molar refractivity (Wildman–Crippen MR) is 71.1 cm³/mol. The Kier molecular flexibility index (Phi) is 3.43. The van der Waals surface area contributed by atoms with Gasteiger partial charge >= 0.3 is 5.97 Å². The number of anilines is 1. The summed E-state index contributed by atoms with van der Waals surface area (Å²) in [6.45, 7) is 0. The third-order valence-corrected chi connectivity index (χ3v) is 5.75. The van der Waals surface area contributed by atoms with Gasteiger partial charge in [-0.25, -0.2) is 0 Å². The van der Waals surface area contributed by atoms with Crippen LogP contribution in [-0.2, 0) is 4.79 Å². The lowest BCUT2D eigenvalue weighted by Gasteiger charge is -2.21. The van der Waals surface area contributed by atoms with Gasteiger partial charge in [0.05, 0.1) is 5.75 Å². The molecular formula is C11H15N3O2S2. The van der Waals surface area contributed by atoms with Crippen molar-refractivity contribution < 1.29 is 9.90 Å². The maximum Gasteiger partial charge on any atom is 0.313 e. The lowest BCUT2D eigenvalue weighted by molar-refractivity contribution is -0.133. The molecule has 0 amide bonds. The second kappa shape index (κ2) is 5.05. The predicted octanol–water partition coefficient (Wildman–Crippen LogP) is 2.32. The molecule has 3 atom stereocenters. The molecule has 0 aliphatic heterocycles. The van der Waals surface area contributed by atoms with Gasteiger partial charge in [0.15, 0.2) is 4.34 Å². The number of rotatable bonds is 5. The Bertz CT molecular complexity index is 451. The van der Waals surface area contributed by atoms with Crippen molar-refractivity contribution in [2.45, 2.75) is 36.1 Å². The van der Waals surface area contributed by atoms with Crippen LogP contribution in [0.4, 0.5) is 5.13 Å². The minimum absolute atomic E-state index is 0.0444. The van der Waals surface area contributed by atoms with Gasteiger partial charge in [0.25, 0.3) is 0 Å². The molecule has 3 rings (SSSR count). The highest BCUT2D eigenvalue weighted by atomic mass is 32.2. The molecule has 0 aromatic carbocycles. The molecule has 7 heteroatoms. The summed E-state index contributed by atoms with van der Waals surface area (Å²) < 4.78 is 0.725. The topological polar surface area (TPSA) is 75.1 Å². The van der Waals surface area contributed by atoms with E-state index in [1.54, 1.807) is 0 Å². The molecule has 1 aromatic rings. The molecule has 2 N–H and O–H groups in total. The van der Waals surface area contributed by atoms with Crippen LogP contribution >= 0.6 is 23.1 Å². The van der Waals surface area contributed by atoms with Gasteiger partial charge in [-0.1, -0.05) is 29.5 Å². The molecule has 2 saturated carbocycles. The maximum atomic E-state index is 10.5. The van der Waals surface area contributed by atoms with Gasteiger partial charge < -0.3 is 10.4 Å². The van der Waals surface area contributed by atoms with E-state index in [4.69, 9.17) is 5.11 Å². The van der Waals surface area contributed by atoms with Crippen molar-refractivity contribution in [1.29, 1.82) is 0 Å². The summed E-state index contributed by atoms with van der Waals surface area (Å²) in [5, 5.41) is 21.0. The zero-order valence-corrected chi connectivity index (χ0v) is 11.5. The molecule has 18 heavy (non-hydrogen) atoms. The van der Waals surface area contributed by atoms with E-state index in [9.17, 15) is 4.79 Å². The quantitative estimate of drug-likeness (QED) is 0.809. The average Bonchev–Trinajstić information content (AvgIpc) is 3.02. The summed E-state index contributed by atoms with van der Waals surface area (Å²) in [7, 11) is 0. The molecular weight excluding hydrogens is 270 g/mol. The van der Waals surface area contributed by atoms with Crippen molar-refractivity contribution in [3.05, 3.63) is 0 Å². The van der Waals surface area contributed by atoms with Gasteiger partial charge in [-0.15, -0.1) is 10.2 Å². The number of hydrogen-bond donors (Lipinski definition) is 2. The molecule has 2 fully saturated rings. The Labute approximate surface area is 113 Å². The number of carboxylic acid groups (broad SMARTS) is 1. The van der Waals surface area contributed by atoms with Gasteiger partial charge in [-0.2, -0.15) is 0 Å². The number of hydrogen-bond acceptors (Lipinski definition) is 6. The van der Waals surface area contributed by atoms with Gasteiger partial charge in [-0.3, -0.25) is 4.79 Å². The molecule has 3 unspecified atom stereocenters. The van der Waals surface area contributed by atoms with Crippen LogP contribution in [0.25, 0.3) is 0 Å². The van der Waals surface area contributed by atoms with Crippen LogP contribution in [0.5, 0.6) is 0 Å². The molecule has 0 spiro atoms. The van der Waals surface area contributed by atoms with Crippen LogP contribution in [-0.4, -0.2) is 33.1 Å². The van der Waals surface area contributed by atoms with E-state index in [-0.39, 0.29) is 5.75 Å². The van der Waals surface area contributed by atoms with Crippen LogP contribution in [0.2, 0.25) is 0 Å². The van der Waals surface area contributed by atoms with Crippen LogP contribution < -0.4 is 5.32 Å². The van der Waals surface area contributed by atoms with Crippen molar-refractivity contribution in [3.8, 4) is 0 Å². The minimum Gasteiger partial charge on any atom is -0.481 e. The van der Waals surface area contributed by atoms with Gasteiger partial charge in [0, 0.05) is 6.04 Å². The van der Waals surface area contributed by atoms with Crippen LogP contribution in [0.1, 0.15) is 25.7 Å². The standard InChI is InChI=1S/C11H15N3O2S2/c15-9(16)5-17-11-14-13-10(18-11)12-8-4-6-1-2-7(8)3-6/h6-8H,1-5H2,(H,12,13)(H,15,16). The van der Waals surface area contributed by atoms with E-state index >= 15 is 0 Å². The van der Waals surface area contributed by atoms with Crippen LogP contribution in [0.3, 0.4) is 0 Å². The zero-order valence-electron chi connectivity index (χ0n) is 9.83. The molecule has 2 aliphatic rings. The first-order valence-corrected chi connectivity index (χ1v) is 7.95. The Morgan fingerprint density at radius 2 is 2.33 bits per heavy atom. The number of nitrogens with zero attached hydrogens (tertiary/aromatic N) is 2. The summed E-state index contributed by atoms with van der Waals surface area (Å²) in [5.41, 5.74) is 0. The molecule has 98 valence electrons. The molecule has 2 aliphatic carbocycles. The zero-order chi connectivity index (χ0) is 12.5. The summed E-state index contributed by atoms with van der Waals surface area (Å²) in [6, 6.07) is 0.550. The fourth-order valence-corrected chi connectivity index (χ4v) is 4.56. The Morgan fingerprint density at radius 1 is 1.44 bits per heavy atom. The number of fused-ring (bicyclic) bond motifs is 2. The first-order valence-electron chi connectivity index (χ1n) is 6.15. The smallest absolute Gasteiger partial charge is 0.313 e. The van der Waals surface area contributed by atoms with E-state index in [0.717, 1.165) is 21.3 Å². The second-order valence-corrected chi connectivity index (χ2v) is 7.18. The van der Waals surface area contributed by atoms with E-state index in [1.165, 1.54) is 48.8 Å². The monoisotopic (exact) mass is 285 g/mol. The number of carboxylic acids is 1. The Hall–Kier alpha value is -0.820. The average molecular weight is 285 g/mol. The van der Waals surface area contributed by atoms with Crippen molar-refractivity contribution >= 4 is 34.2 Å². The number of aliphatic carboxylic acids is 1. The number of aromatic nitrogens is 2. The highest BCUT2D eigenvalue weighted by Crippen LogP contribution is 2.45. The third kappa shape index (κ3) is 2.61. The molecule has 2 bridgehead atoms. The lowest BCUT2D eigenvalue weighted by atomic mass is 9.96. The fourth-order valence-electron chi connectivity index (χ4n) is 3.03. The number of nitrogens with one attached hydrogen (secondary N) is 1. The van der Waals surface area contributed by atoms with E-state index in [1.807, 2.05) is 0 Å². The first kappa shape index (κ1) is 12.2. The van der Waals surface area contributed by atoms with E-state index in [0.29, 0.717) is 6.04 Å². The van der Waals surface area contributed by atoms with E-state index in [2.05, 4.69) is 15.5 Å². The molecule has 5 nitrogen and oxygen atoms in total. The number of thioether (sulfide) groups is 1. The van der Waals surface area contributed by atoms with Crippen LogP contribution in [0, 0.1) is 11.8 Å². The molecule has 1 aromatic heterocycles. The largest absolute Gasteiger partial charge is 0.481 e. The van der Waals surface area contributed by atoms with E-state index < -0.39 is 5.97 Å².